The Labute approximate surface area is 153 Å². The van der Waals surface area contributed by atoms with Gasteiger partial charge >= 0.3 is 12.1 Å². The van der Waals surface area contributed by atoms with E-state index >= 15 is 0 Å². The molecule has 0 spiro atoms. The van der Waals surface area contributed by atoms with Gasteiger partial charge in [-0.1, -0.05) is 61.9 Å². The van der Waals surface area contributed by atoms with Crippen LogP contribution in [0.2, 0.25) is 0 Å². The van der Waals surface area contributed by atoms with Crippen molar-refractivity contribution in [1.29, 1.82) is 0 Å². The molecule has 0 unspecified atom stereocenters. The first-order valence-electron chi connectivity index (χ1n) is 8.83. The summed E-state index contributed by atoms with van der Waals surface area (Å²) < 4.78 is 5.42. The Morgan fingerprint density at radius 3 is 2.12 bits per heavy atom. The van der Waals surface area contributed by atoms with E-state index in [1.165, 1.54) is 6.92 Å². The van der Waals surface area contributed by atoms with E-state index in [0.29, 0.717) is 12.8 Å². The van der Waals surface area contributed by atoms with Crippen LogP contribution < -0.4 is 5.32 Å². The summed E-state index contributed by atoms with van der Waals surface area (Å²) in [5.74, 6) is -1.11. The van der Waals surface area contributed by atoms with Crippen molar-refractivity contribution >= 4 is 12.1 Å². The first kappa shape index (κ1) is 18.0. The maximum atomic E-state index is 12.2. The predicted octanol–water partition coefficient (Wildman–Crippen LogP) is 4.17. The van der Waals surface area contributed by atoms with Crippen LogP contribution in [-0.4, -0.2) is 29.3 Å². The standard InChI is InChI=1S/C21H23NO4/c1-3-12-21(2,19(23)24)22-20(25)26-13-18-16-10-6-4-8-14(16)15-9-5-7-11-17(15)18/h4-11,18H,3,12-13H2,1-2H3,(H,22,25)(H,23,24)/t21-/m0/s1. The zero-order valence-electron chi connectivity index (χ0n) is 15.0. The Bertz CT molecular complexity index is 787. The number of carbonyl (C=O) groups is 2. The summed E-state index contributed by atoms with van der Waals surface area (Å²) in [5, 5.41) is 11.9. The molecule has 0 aromatic heterocycles. The van der Waals surface area contributed by atoms with Gasteiger partial charge in [-0.3, -0.25) is 0 Å². The molecular weight excluding hydrogens is 330 g/mol. The second kappa shape index (κ2) is 7.20. The van der Waals surface area contributed by atoms with Gasteiger partial charge in [0.05, 0.1) is 0 Å². The third kappa shape index (κ3) is 3.29. The van der Waals surface area contributed by atoms with E-state index in [2.05, 4.69) is 17.4 Å². The quantitative estimate of drug-likeness (QED) is 0.817. The van der Waals surface area contributed by atoms with Gasteiger partial charge in [0.15, 0.2) is 0 Å². The number of ether oxygens (including phenoxy) is 1. The van der Waals surface area contributed by atoms with Crippen molar-refractivity contribution in [2.75, 3.05) is 6.61 Å². The van der Waals surface area contributed by atoms with Crippen molar-refractivity contribution in [3.05, 3.63) is 59.7 Å². The Morgan fingerprint density at radius 1 is 1.08 bits per heavy atom. The van der Waals surface area contributed by atoms with Crippen LogP contribution in [0.3, 0.4) is 0 Å². The largest absolute Gasteiger partial charge is 0.480 e. The molecule has 2 N–H and O–H groups in total. The second-order valence-electron chi connectivity index (χ2n) is 6.84. The van der Waals surface area contributed by atoms with Crippen molar-refractivity contribution in [3.63, 3.8) is 0 Å². The molecular formula is C21H23NO4. The molecule has 3 rings (SSSR count). The minimum atomic E-state index is -1.32. The number of rotatable bonds is 6. The fourth-order valence-corrected chi connectivity index (χ4v) is 3.58. The van der Waals surface area contributed by atoms with Gasteiger partial charge in [-0.25, -0.2) is 9.59 Å². The van der Waals surface area contributed by atoms with Crippen molar-refractivity contribution in [3.8, 4) is 11.1 Å². The monoisotopic (exact) mass is 353 g/mol. The number of carboxylic acids is 1. The number of carboxylic acid groups (broad SMARTS) is 1. The molecule has 0 bridgehead atoms. The number of hydrogen-bond acceptors (Lipinski definition) is 3. The van der Waals surface area contributed by atoms with E-state index in [9.17, 15) is 14.7 Å². The molecule has 2 aromatic rings. The van der Waals surface area contributed by atoms with E-state index in [-0.39, 0.29) is 12.5 Å². The average molecular weight is 353 g/mol. The van der Waals surface area contributed by atoms with Crippen molar-refractivity contribution in [2.24, 2.45) is 0 Å². The first-order chi connectivity index (χ1) is 12.5. The van der Waals surface area contributed by atoms with E-state index in [0.717, 1.165) is 22.3 Å². The summed E-state index contributed by atoms with van der Waals surface area (Å²) in [4.78, 5) is 23.7. The van der Waals surface area contributed by atoms with E-state index in [4.69, 9.17) is 4.74 Å². The number of fused-ring (bicyclic) bond motifs is 3. The van der Waals surface area contributed by atoms with Gasteiger partial charge in [-0.15, -0.1) is 0 Å². The Kier molecular flexibility index (Phi) is 4.98. The summed E-state index contributed by atoms with van der Waals surface area (Å²) in [6.45, 7) is 3.54. The van der Waals surface area contributed by atoms with Gasteiger partial charge in [0.1, 0.15) is 12.1 Å². The zero-order chi connectivity index (χ0) is 18.7. The number of nitrogens with one attached hydrogen (secondary N) is 1. The Balaban J connectivity index is 1.74. The molecule has 5 heteroatoms. The van der Waals surface area contributed by atoms with Gasteiger partial charge < -0.3 is 15.2 Å². The highest BCUT2D eigenvalue weighted by Crippen LogP contribution is 2.44. The topological polar surface area (TPSA) is 75.6 Å². The molecule has 1 aliphatic carbocycles. The minimum Gasteiger partial charge on any atom is -0.480 e. The third-order valence-electron chi connectivity index (χ3n) is 4.94. The highest BCUT2D eigenvalue weighted by molar-refractivity contribution is 5.84. The van der Waals surface area contributed by atoms with Gasteiger partial charge in [-0.05, 0) is 35.6 Å². The third-order valence-corrected chi connectivity index (χ3v) is 4.94. The van der Waals surface area contributed by atoms with Crippen molar-refractivity contribution < 1.29 is 19.4 Å². The lowest BCUT2D eigenvalue weighted by molar-refractivity contribution is -0.144. The van der Waals surface area contributed by atoms with E-state index < -0.39 is 17.6 Å². The summed E-state index contributed by atoms with van der Waals surface area (Å²) >= 11 is 0. The van der Waals surface area contributed by atoms with Crippen LogP contribution in [-0.2, 0) is 9.53 Å². The number of benzene rings is 2. The highest BCUT2D eigenvalue weighted by atomic mass is 16.5. The van der Waals surface area contributed by atoms with Gasteiger partial charge in [0.25, 0.3) is 0 Å². The molecule has 0 radical (unpaired) electrons. The molecule has 1 atom stereocenters. The van der Waals surface area contributed by atoms with E-state index in [1.54, 1.807) is 0 Å². The molecule has 1 amide bonds. The van der Waals surface area contributed by atoms with Crippen LogP contribution in [0.15, 0.2) is 48.5 Å². The van der Waals surface area contributed by atoms with E-state index in [1.807, 2.05) is 43.3 Å². The summed E-state index contributed by atoms with van der Waals surface area (Å²) in [6.07, 6.45) is 0.282. The van der Waals surface area contributed by atoms with Crippen LogP contribution in [0, 0.1) is 0 Å². The minimum absolute atomic E-state index is 0.0459. The zero-order valence-corrected chi connectivity index (χ0v) is 15.0. The maximum Gasteiger partial charge on any atom is 0.408 e. The van der Waals surface area contributed by atoms with Gasteiger partial charge in [0.2, 0.25) is 0 Å². The average Bonchev–Trinajstić information content (AvgIpc) is 2.94. The number of amides is 1. The number of hydrogen-bond donors (Lipinski definition) is 2. The predicted molar refractivity (Wildman–Crippen MR) is 99.2 cm³/mol. The lowest BCUT2D eigenvalue weighted by Crippen LogP contribution is -2.52. The molecule has 0 heterocycles. The number of carbonyl (C=O) groups excluding carboxylic acids is 1. The number of aliphatic carboxylic acids is 1. The second-order valence-corrected chi connectivity index (χ2v) is 6.84. The highest BCUT2D eigenvalue weighted by Gasteiger charge is 2.35. The number of alkyl carbamates (subject to hydrolysis) is 1. The normalized spacial score (nSPS) is 14.8. The molecule has 5 nitrogen and oxygen atoms in total. The lowest BCUT2D eigenvalue weighted by Gasteiger charge is -2.25. The summed E-state index contributed by atoms with van der Waals surface area (Å²) in [7, 11) is 0. The molecule has 2 aromatic carbocycles. The van der Waals surface area contributed by atoms with Crippen molar-refractivity contribution in [1.82, 2.24) is 5.32 Å². The SMILES string of the molecule is CCC[C@](C)(NC(=O)OCC1c2ccccc2-c2ccccc21)C(=O)O. The fraction of sp³-hybridized carbons (Fsp3) is 0.333. The molecule has 0 saturated heterocycles. The lowest BCUT2D eigenvalue weighted by atomic mass is 9.96. The molecule has 0 aliphatic heterocycles. The maximum absolute atomic E-state index is 12.2. The van der Waals surface area contributed by atoms with Crippen LogP contribution in [0.4, 0.5) is 4.79 Å². The van der Waals surface area contributed by atoms with Crippen LogP contribution in [0.1, 0.15) is 43.7 Å². The van der Waals surface area contributed by atoms with Gasteiger partial charge in [-0.2, -0.15) is 0 Å². The van der Waals surface area contributed by atoms with Crippen LogP contribution in [0.25, 0.3) is 11.1 Å². The smallest absolute Gasteiger partial charge is 0.408 e. The summed E-state index contributed by atoms with van der Waals surface area (Å²) in [5.41, 5.74) is 3.22. The Morgan fingerprint density at radius 2 is 1.62 bits per heavy atom. The molecule has 26 heavy (non-hydrogen) atoms. The van der Waals surface area contributed by atoms with Crippen LogP contribution in [0.5, 0.6) is 0 Å². The van der Waals surface area contributed by atoms with Crippen LogP contribution >= 0.6 is 0 Å². The Hall–Kier alpha value is -2.82. The fourth-order valence-electron chi connectivity index (χ4n) is 3.58. The summed E-state index contributed by atoms with van der Waals surface area (Å²) in [6, 6.07) is 16.2. The van der Waals surface area contributed by atoms with Crippen molar-refractivity contribution in [2.45, 2.75) is 38.1 Å². The first-order valence-corrected chi connectivity index (χ1v) is 8.83. The molecule has 0 saturated carbocycles. The molecule has 0 fully saturated rings. The van der Waals surface area contributed by atoms with Gasteiger partial charge in [0, 0.05) is 5.92 Å². The molecule has 136 valence electrons. The molecule has 1 aliphatic rings.